The summed E-state index contributed by atoms with van der Waals surface area (Å²) in [6.07, 6.45) is 3.75. The van der Waals surface area contributed by atoms with Gasteiger partial charge in [-0.3, -0.25) is 5.10 Å². The number of nitrogens with zero attached hydrogens (tertiary/aromatic N) is 2. The van der Waals surface area contributed by atoms with Gasteiger partial charge in [0.1, 0.15) is 5.82 Å². The van der Waals surface area contributed by atoms with E-state index in [0.29, 0.717) is 16.5 Å². The number of H-pyrrole nitrogens is 1. The van der Waals surface area contributed by atoms with Crippen LogP contribution >= 0.6 is 11.8 Å². The Labute approximate surface area is 121 Å². The lowest BCUT2D eigenvalue weighted by Crippen LogP contribution is -2.21. The molecular weight excluding hydrogens is 277 g/mol. The van der Waals surface area contributed by atoms with Crippen molar-refractivity contribution in [2.75, 3.05) is 12.4 Å². The lowest BCUT2D eigenvalue weighted by atomic mass is 10.1. The van der Waals surface area contributed by atoms with Gasteiger partial charge in [0.25, 0.3) is 0 Å². The second-order valence-corrected chi connectivity index (χ2v) is 5.73. The first kappa shape index (κ1) is 13.6. The molecule has 0 amide bonds. The van der Waals surface area contributed by atoms with E-state index >= 15 is 0 Å². The van der Waals surface area contributed by atoms with Gasteiger partial charge in [0.05, 0.1) is 11.7 Å². The fourth-order valence-electron chi connectivity index (χ4n) is 2.19. The minimum absolute atomic E-state index is 0.282. The molecule has 1 aliphatic rings. The van der Waals surface area contributed by atoms with Gasteiger partial charge in [0, 0.05) is 12.4 Å². The maximum atomic E-state index is 13.6. The molecule has 0 radical (unpaired) electrons. The Morgan fingerprint density at radius 2 is 2.25 bits per heavy atom. The van der Waals surface area contributed by atoms with Crippen LogP contribution in [-0.4, -0.2) is 33.6 Å². The number of rotatable bonds is 4. The fraction of sp³-hybridized carbons (Fsp3) is 0.429. The van der Waals surface area contributed by atoms with E-state index in [1.807, 2.05) is 0 Å². The van der Waals surface area contributed by atoms with Gasteiger partial charge in [-0.15, -0.1) is 5.10 Å². The third kappa shape index (κ3) is 3.19. The zero-order valence-electron chi connectivity index (χ0n) is 11.0. The standard InChI is InChI=1S/C14H16FN3OS/c15-12-7-2-1-6-11(12)13-16-14(18-17-13)20-9-10-5-3-4-8-19-10/h1-2,6-7,10H,3-5,8-9H2,(H,16,17,18)/t10-/m1/s1. The van der Waals surface area contributed by atoms with Crippen molar-refractivity contribution < 1.29 is 9.13 Å². The first-order valence-electron chi connectivity index (χ1n) is 6.74. The highest BCUT2D eigenvalue weighted by Gasteiger charge is 2.16. The first-order valence-corrected chi connectivity index (χ1v) is 7.73. The molecule has 1 aliphatic heterocycles. The van der Waals surface area contributed by atoms with E-state index in [-0.39, 0.29) is 11.9 Å². The maximum absolute atomic E-state index is 13.6. The van der Waals surface area contributed by atoms with E-state index in [9.17, 15) is 4.39 Å². The topological polar surface area (TPSA) is 50.8 Å². The summed E-state index contributed by atoms with van der Waals surface area (Å²) in [7, 11) is 0. The molecule has 2 heterocycles. The second-order valence-electron chi connectivity index (χ2n) is 4.75. The highest BCUT2D eigenvalue weighted by atomic mass is 32.2. The molecule has 2 aromatic rings. The number of hydrogen-bond acceptors (Lipinski definition) is 4. The van der Waals surface area contributed by atoms with Gasteiger partial charge in [-0.05, 0) is 31.4 Å². The Morgan fingerprint density at radius 3 is 3.05 bits per heavy atom. The molecule has 0 bridgehead atoms. The number of nitrogens with one attached hydrogen (secondary N) is 1. The third-order valence-corrected chi connectivity index (χ3v) is 4.25. The summed E-state index contributed by atoms with van der Waals surface area (Å²) in [5.41, 5.74) is 0.445. The van der Waals surface area contributed by atoms with Gasteiger partial charge in [-0.1, -0.05) is 23.9 Å². The summed E-state index contributed by atoms with van der Waals surface area (Å²) in [6.45, 7) is 0.847. The molecular formula is C14H16FN3OS. The number of aromatic nitrogens is 3. The lowest BCUT2D eigenvalue weighted by molar-refractivity contribution is 0.0315. The molecule has 1 fully saturated rings. The van der Waals surface area contributed by atoms with Crippen LogP contribution in [0.4, 0.5) is 4.39 Å². The number of aromatic amines is 1. The quantitative estimate of drug-likeness (QED) is 0.879. The number of ether oxygens (including phenoxy) is 1. The van der Waals surface area contributed by atoms with Crippen molar-refractivity contribution in [1.82, 2.24) is 15.2 Å². The molecule has 6 heteroatoms. The molecule has 0 unspecified atom stereocenters. The van der Waals surface area contributed by atoms with Crippen molar-refractivity contribution in [3.63, 3.8) is 0 Å². The first-order chi connectivity index (χ1) is 9.83. The SMILES string of the molecule is Fc1ccccc1-c1nc(SC[C@H]2CCCCO2)n[nH]1. The van der Waals surface area contributed by atoms with Crippen molar-refractivity contribution in [3.8, 4) is 11.4 Å². The van der Waals surface area contributed by atoms with Crippen LogP contribution in [0.3, 0.4) is 0 Å². The summed E-state index contributed by atoms with van der Waals surface area (Å²) in [5.74, 6) is 1.01. The largest absolute Gasteiger partial charge is 0.377 e. The van der Waals surface area contributed by atoms with E-state index in [1.165, 1.54) is 12.5 Å². The molecule has 3 rings (SSSR count). The van der Waals surface area contributed by atoms with Crippen LogP contribution < -0.4 is 0 Å². The number of thioether (sulfide) groups is 1. The van der Waals surface area contributed by atoms with Crippen molar-refractivity contribution >= 4 is 11.8 Å². The van der Waals surface area contributed by atoms with Gasteiger partial charge in [-0.25, -0.2) is 9.37 Å². The Hall–Kier alpha value is -1.40. The van der Waals surface area contributed by atoms with Crippen molar-refractivity contribution in [3.05, 3.63) is 30.1 Å². The predicted octanol–water partition coefficient (Wildman–Crippen LogP) is 3.27. The van der Waals surface area contributed by atoms with E-state index in [4.69, 9.17) is 4.74 Å². The predicted molar refractivity (Wildman–Crippen MR) is 76.1 cm³/mol. The molecule has 1 saturated heterocycles. The molecule has 4 nitrogen and oxygen atoms in total. The monoisotopic (exact) mass is 293 g/mol. The van der Waals surface area contributed by atoms with Crippen molar-refractivity contribution in [2.24, 2.45) is 0 Å². The second kappa shape index (κ2) is 6.37. The zero-order valence-corrected chi connectivity index (χ0v) is 11.8. The summed E-state index contributed by atoms with van der Waals surface area (Å²) in [4.78, 5) is 4.33. The van der Waals surface area contributed by atoms with E-state index in [0.717, 1.165) is 25.2 Å². The van der Waals surface area contributed by atoms with Crippen LogP contribution in [0.25, 0.3) is 11.4 Å². The Kier molecular flexibility index (Phi) is 4.32. The molecule has 0 saturated carbocycles. The average Bonchev–Trinajstić information content (AvgIpc) is 2.95. The average molecular weight is 293 g/mol. The van der Waals surface area contributed by atoms with Crippen LogP contribution in [0.2, 0.25) is 0 Å². The molecule has 0 spiro atoms. The smallest absolute Gasteiger partial charge is 0.208 e. The molecule has 20 heavy (non-hydrogen) atoms. The Morgan fingerprint density at radius 1 is 1.35 bits per heavy atom. The van der Waals surface area contributed by atoms with E-state index < -0.39 is 0 Å². The minimum Gasteiger partial charge on any atom is -0.377 e. The van der Waals surface area contributed by atoms with Crippen LogP contribution in [0.1, 0.15) is 19.3 Å². The minimum atomic E-state index is -0.296. The van der Waals surface area contributed by atoms with Crippen LogP contribution in [0.5, 0.6) is 0 Å². The van der Waals surface area contributed by atoms with Gasteiger partial charge in [0.15, 0.2) is 5.82 Å². The lowest BCUT2D eigenvalue weighted by Gasteiger charge is -2.21. The molecule has 0 aliphatic carbocycles. The van der Waals surface area contributed by atoms with Gasteiger partial charge < -0.3 is 4.74 Å². The summed E-state index contributed by atoms with van der Waals surface area (Å²) >= 11 is 1.55. The molecule has 1 N–H and O–H groups in total. The molecule has 106 valence electrons. The number of benzene rings is 1. The fourth-order valence-corrected chi connectivity index (χ4v) is 3.05. The Bertz CT molecular complexity index is 569. The third-order valence-electron chi connectivity index (χ3n) is 3.27. The normalized spacial score (nSPS) is 19.1. The summed E-state index contributed by atoms with van der Waals surface area (Å²) < 4.78 is 19.3. The van der Waals surface area contributed by atoms with Crippen LogP contribution in [0, 0.1) is 5.82 Å². The van der Waals surface area contributed by atoms with Gasteiger partial charge in [-0.2, -0.15) is 0 Å². The number of halogens is 1. The summed E-state index contributed by atoms with van der Waals surface area (Å²) in [5, 5.41) is 7.55. The van der Waals surface area contributed by atoms with Crippen LogP contribution in [0.15, 0.2) is 29.4 Å². The highest BCUT2D eigenvalue weighted by Crippen LogP contribution is 2.24. The molecule has 1 aromatic heterocycles. The maximum Gasteiger partial charge on any atom is 0.208 e. The van der Waals surface area contributed by atoms with E-state index in [2.05, 4.69) is 15.2 Å². The highest BCUT2D eigenvalue weighted by molar-refractivity contribution is 7.99. The molecule has 1 aromatic carbocycles. The zero-order chi connectivity index (χ0) is 13.8. The van der Waals surface area contributed by atoms with Gasteiger partial charge >= 0.3 is 0 Å². The Balaban J connectivity index is 1.63. The van der Waals surface area contributed by atoms with Crippen molar-refractivity contribution in [2.45, 2.75) is 30.5 Å². The molecule has 1 atom stereocenters. The number of hydrogen-bond donors (Lipinski definition) is 1. The summed E-state index contributed by atoms with van der Waals surface area (Å²) in [6, 6.07) is 6.55. The van der Waals surface area contributed by atoms with Gasteiger partial charge in [0.2, 0.25) is 5.16 Å². The van der Waals surface area contributed by atoms with Crippen molar-refractivity contribution in [1.29, 1.82) is 0 Å². The van der Waals surface area contributed by atoms with Crippen LogP contribution in [-0.2, 0) is 4.74 Å². The van der Waals surface area contributed by atoms with E-state index in [1.54, 1.807) is 30.0 Å².